The molecule has 6 heteroatoms. The van der Waals surface area contributed by atoms with Crippen LogP contribution in [0.2, 0.25) is 0 Å². The van der Waals surface area contributed by atoms with E-state index in [4.69, 9.17) is 4.98 Å². The molecule has 2 aromatic carbocycles. The third-order valence-corrected chi connectivity index (χ3v) is 6.06. The van der Waals surface area contributed by atoms with Crippen molar-refractivity contribution in [3.8, 4) is 11.4 Å². The zero-order valence-electron chi connectivity index (χ0n) is 16.4. The van der Waals surface area contributed by atoms with E-state index in [9.17, 15) is 9.90 Å². The van der Waals surface area contributed by atoms with E-state index in [0.29, 0.717) is 6.04 Å². The van der Waals surface area contributed by atoms with Crippen molar-refractivity contribution in [1.29, 1.82) is 0 Å². The van der Waals surface area contributed by atoms with Crippen molar-refractivity contribution in [2.24, 2.45) is 0 Å². The largest absolute Gasteiger partial charge is 0.535 e. The number of nitrogens with zero attached hydrogens (tertiary/aromatic N) is 2. The number of hydrogen-bond acceptors (Lipinski definition) is 3. The van der Waals surface area contributed by atoms with E-state index >= 15 is 0 Å². The Hall–Kier alpha value is -1.72. The molecule has 1 aromatic heterocycles. The van der Waals surface area contributed by atoms with Crippen LogP contribution in [-0.4, -0.2) is 20.6 Å². The maximum absolute atomic E-state index is 11.4. The molecule has 1 aliphatic carbocycles. The van der Waals surface area contributed by atoms with Crippen LogP contribution in [0, 0.1) is 6.54 Å². The Morgan fingerprint density at radius 3 is 2.76 bits per heavy atom. The van der Waals surface area contributed by atoms with Gasteiger partial charge in [0.1, 0.15) is 5.82 Å². The minimum atomic E-state index is -0.910. The van der Waals surface area contributed by atoms with E-state index in [1.54, 1.807) is 12.1 Å². The molecule has 1 aliphatic heterocycles. The summed E-state index contributed by atoms with van der Waals surface area (Å²) in [5.41, 5.74) is 5.69. The van der Waals surface area contributed by atoms with Crippen molar-refractivity contribution >= 4 is 22.7 Å². The van der Waals surface area contributed by atoms with E-state index in [-0.39, 0.29) is 38.3 Å². The maximum atomic E-state index is 11.4. The third kappa shape index (κ3) is 3.87. The number of nitrogens with one attached hydrogen (secondary N) is 1. The van der Waals surface area contributed by atoms with Crippen LogP contribution in [0.5, 0.6) is 0 Å². The predicted molar refractivity (Wildman–Crippen MR) is 110 cm³/mol. The Morgan fingerprint density at radius 1 is 1.14 bits per heavy atom. The molecule has 0 bridgehead atoms. The van der Waals surface area contributed by atoms with Crippen molar-refractivity contribution in [3.63, 3.8) is 0 Å². The Kier molecular flexibility index (Phi) is 6.07. The molecule has 1 fully saturated rings. The number of aromatic carboxylic acids is 1. The maximum Gasteiger partial charge on any atom is 0.335 e. The van der Waals surface area contributed by atoms with Gasteiger partial charge in [-0.25, -0.2) is 16.3 Å². The number of carboxylic acids is 1. The zero-order valence-corrected chi connectivity index (χ0v) is 19.2. The Bertz CT molecular complexity index is 1050. The van der Waals surface area contributed by atoms with Gasteiger partial charge in [0.25, 0.3) is 0 Å². The fourth-order valence-corrected chi connectivity index (χ4v) is 4.63. The standard InChI is InChI=1S/C23H24N3O2.Y/c27-23(28)17-9-11-21-20(14-17)25-22(26(21)18-6-2-1-3-7-18)16-8-10-19-15(13-16)5-4-12-24-19;/h8-14,18,24H,1-7H2,(H,27,28);/q-1;. The van der Waals surface area contributed by atoms with Crippen LogP contribution in [0.1, 0.15) is 60.5 Å². The number of carboxylic acid groups (broad SMARTS) is 1. The number of aryl methyl sites for hydroxylation is 1. The van der Waals surface area contributed by atoms with Crippen LogP contribution in [0.15, 0.2) is 36.4 Å². The number of anilines is 1. The van der Waals surface area contributed by atoms with E-state index in [2.05, 4.69) is 34.6 Å². The Balaban J connectivity index is 0.00000205. The molecule has 1 saturated carbocycles. The van der Waals surface area contributed by atoms with Gasteiger partial charge in [0, 0.05) is 50.0 Å². The van der Waals surface area contributed by atoms with Gasteiger partial charge in [-0.1, -0.05) is 25.7 Å². The van der Waals surface area contributed by atoms with E-state index in [1.807, 2.05) is 6.07 Å². The van der Waals surface area contributed by atoms with Gasteiger partial charge in [0.2, 0.25) is 0 Å². The number of rotatable bonds is 3. The SMILES string of the molecule is O=C(O)c1ccc2c(c1)nc(-c1ccc3c(c1)CC[CH-]N3)n2C1CCCCC1.[Y]. The number of hydrogen-bond donors (Lipinski definition) is 2. The molecule has 2 N–H and O–H groups in total. The van der Waals surface area contributed by atoms with Crippen LogP contribution < -0.4 is 5.32 Å². The number of imidazole rings is 1. The van der Waals surface area contributed by atoms with Crippen LogP contribution in [0.4, 0.5) is 5.69 Å². The number of fused-ring (bicyclic) bond motifs is 2. The first-order valence-electron chi connectivity index (χ1n) is 10.2. The fourth-order valence-electron chi connectivity index (χ4n) is 4.63. The van der Waals surface area contributed by atoms with Gasteiger partial charge in [0.05, 0.1) is 16.6 Å². The van der Waals surface area contributed by atoms with Gasteiger partial charge in [-0.15, -0.1) is 0 Å². The molecule has 5 rings (SSSR count). The van der Waals surface area contributed by atoms with Crippen LogP contribution in [-0.2, 0) is 39.1 Å². The van der Waals surface area contributed by atoms with Crippen LogP contribution in [0.25, 0.3) is 22.4 Å². The summed E-state index contributed by atoms with van der Waals surface area (Å²) in [6.07, 6.45) is 8.13. The van der Waals surface area contributed by atoms with Crippen LogP contribution in [0.3, 0.4) is 0 Å². The summed E-state index contributed by atoms with van der Waals surface area (Å²) in [6, 6.07) is 12.3. The summed E-state index contributed by atoms with van der Waals surface area (Å²) in [4.78, 5) is 16.3. The number of carbonyl (C=O) groups is 1. The summed E-state index contributed by atoms with van der Waals surface area (Å²) in [7, 11) is 0. The molecular weight excluding hydrogens is 439 g/mol. The first-order valence-corrected chi connectivity index (χ1v) is 10.2. The molecule has 5 nitrogen and oxygen atoms in total. The zero-order chi connectivity index (χ0) is 19.1. The van der Waals surface area contributed by atoms with Gasteiger partial charge in [0.15, 0.2) is 0 Å². The van der Waals surface area contributed by atoms with Gasteiger partial charge >= 0.3 is 5.97 Å². The van der Waals surface area contributed by atoms with Gasteiger partial charge < -0.3 is 15.0 Å². The monoisotopic (exact) mass is 463 g/mol. The minimum Gasteiger partial charge on any atom is -0.535 e. The molecule has 2 aliphatic rings. The average molecular weight is 463 g/mol. The Morgan fingerprint density at radius 2 is 1.97 bits per heavy atom. The summed E-state index contributed by atoms with van der Waals surface area (Å²) in [5.74, 6) is 0.0496. The second-order valence-electron chi connectivity index (χ2n) is 7.86. The molecule has 0 atom stereocenters. The first-order chi connectivity index (χ1) is 13.7. The second kappa shape index (κ2) is 8.57. The molecular formula is C23H24N3O2Y-. The van der Waals surface area contributed by atoms with Crippen molar-refractivity contribution < 1.29 is 42.6 Å². The van der Waals surface area contributed by atoms with Gasteiger partial charge in [-0.05, 0) is 54.8 Å². The molecule has 1 radical (unpaired) electrons. The topological polar surface area (TPSA) is 67.2 Å². The molecule has 0 saturated heterocycles. The molecule has 2 heterocycles. The van der Waals surface area contributed by atoms with Crippen molar-refractivity contribution in [1.82, 2.24) is 9.55 Å². The normalized spacial score (nSPS) is 16.7. The van der Waals surface area contributed by atoms with Crippen molar-refractivity contribution in [2.45, 2.75) is 51.0 Å². The molecule has 3 aromatic rings. The number of benzene rings is 2. The molecule has 0 spiro atoms. The number of aromatic nitrogens is 2. The van der Waals surface area contributed by atoms with Crippen molar-refractivity contribution in [2.75, 3.05) is 5.32 Å². The molecule has 29 heavy (non-hydrogen) atoms. The van der Waals surface area contributed by atoms with Gasteiger partial charge in [-0.2, -0.15) is 6.42 Å². The molecule has 0 unspecified atom stereocenters. The van der Waals surface area contributed by atoms with E-state index < -0.39 is 5.97 Å². The minimum absolute atomic E-state index is 0. The quantitative estimate of drug-likeness (QED) is 0.509. The van der Waals surface area contributed by atoms with Gasteiger partial charge in [-0.3, -0.25) is 0 Å². The smallest absolute Gasteiger partial charge is 0.335 e. The predicted octanol–water partition coefficient (Wildman–Crippen LogP) is 5.42. The summed E-state index contributed by atoms with van der Waals surface area (Å²) in [5, 5.41) is 12.7. The van der Waals surface area contributed by atoms with Crippen molar-refractivity contribution in [3.05, 3.63) is 54.1 Å². The second-order valence-corrected chi connectivity index (χ2v) is 7.86. The van der Waals surface area contributed by atoms with E-state index in [1.165, 1.54) is 30.5 Å². The summed E-state index contributed by atoms with van der Waals surface area (Å²) >= 11 is 0. The Labute approximate surface area is 195 Å². The summed E-state index contributed by atoms with van der Waals surface area (Å²) < 4.78 is 2.37. The van der Waals surface area contributed by atoms with Crippen LogP contribution >= 0.6 is 0 Å². The molecule has 147 valence electrons. The third-order valence-electron chi connectivity index (χ3n) is 6.06. The molecule has 0 amide bonds. The fraction of sp³-hybridized carbons (Fsp3) is 0.348. The summed E-state index contributed by atoms with van der Waals surface area (Å²) in [6.45, 7) is 2.10. The van der Waals surface area contributed by atoms with E-state index in [0.717, 1.165) is 48.1 Å². The average Bonchev–Trinajstić information content (AvgIpc) is 3.12. The first kappa shape index (κ1) is 20.6.